The second kappa shape index (κ2) is 12.5. The minimum absolute atomic E-state index is 0.183. The number of benzene rings is 3. The van der Waals surface area contributed by atoms with Gasteiger partial charge in [0.2, 0.25) is 0 Å². The van der Waals surface area contributed by atoms with Crippen molar-refractivity contribution in [1.82, 2.24) is 9.55 Å². The maximum Gasteiger partial charge on any atom is 0.338 e. The lowest BCUT2D eigenvalue weighted by Crippen LogP contribution is -2.43. The average molecular weight is 571 g/mol. The number of carbonyl (C=O) groups excluding carboxylic acids is 3. The zero-order valence-electron chi connectivity index (χ0n) is 22.4. The summed E-state index contributed by atoms with van der Waals surface area (Å²) in [5, 5.41) is 0. The lowest BCUT2D eigenvalue weighted by Gasteiger charge is -2.25. The van der Waals surface area contributed by atoms with Crippen LogP contribution in [0.15, 0.2) is 107 Å². The predicted molar refractivity (Wildman–Crippen MR) is 148 cm³/mol. The summed E-state index contributed by atoms with van der Waals surface area (Å²) in [5.41, 5.74) is -0.564. The Morgan fingerprint density at radius 2 is 1.21 bits per heavy atom. The molecule has 0 unspecified atom stereocenters. The first-order valence-corrected chi connectivity index (χ1v) is 13.0. The monoisotopic (exact) mass is 570 g/mol. The van der Waals surface area contributed by atoms with Gasteiger partial charge in [-0.1, -0.05) is 54.6 Å². The Bertz CT molecular complexity index is 1680. The normalized spacial score (nSPS) is 19.5. The summed E-state index contributed by atoms with van der Waals surface area (Å²) < 4.78 is 24.3. The highest BCUT2D eigenvalue weighted by molar-refractivity contribution is 5.91. The molecule has 0 amide bonds. The van der Waals surface area contributed by atoms with Gasteiger partial charge in [0.1, 0.15) is 12.7 Å². The lowest BCUT2D eigenvalue weighted by molar-refractivity contribution is -0.0640. The Labute approximate surface area is 239 Å². The fraction of sp³-hybridized carbons (Fsp3) is 0.194. The van der Waals surface area contributed by atoms with Crippen molar-refractivity contribution in [2.24, 2.45) is 0 Å². The molecule has 0 spiro atoms. The number of ether oxygens (including phenoxy) is 4. The van der Waals surface area contributed by atoms with Crippen LogP contribution in [0.25, 0.3) is 0 Å². The number of hydrogen-bond acceptors (Lipinski definition) is 9. The minimum atomic E-state index is -1.38. The molecule has 1 aliphatic heterocycles. The van der Waals surface area contributed by atoms with Crippen LogP contribution >= 0.6 is 0 Å². The predicted octanol–water partition coefficient (Wildman–Crippen LogP) is 3.05. The van der Waals surface area contributed by atoms with Gasteiger partial charge in [-0.2, -0.15) is 0 Å². The molecule has 1 aromatic heterocycles. The van der Waals surface area contributed by atoms with E-state index < -0.39 is 60.3 Å². The van der Waals surface area contributed by atoms with Crippen LogP contribution in [0.3, 0.4) is 0 Å². The summed E-state index contributed by atoms with van der Waals surface area (Å²) in [5.74, 6) is -2.19. The third kappa shape index (κ3) is 6.21. The van der Waals surface area contributed by atoms with Gasteiger partial charge in [-0.05, 0) is 43.3 Å². The molecular weight excluding hydrogens is 544 g/mol. The van der Waals surface area contributed by atoms with Crippen molar-refractivity contribution >= 4 is 17.9 Å². The average Bonchev–Trinajstić information content (AvgIpc) is 3.34. The van der Waals surface area contributed by atoms with Crippen molar-refractivity contribution in [2.75, 3.05) is 6.61 Å². The summed E-state index contributed by atoms with van der Waals surface area (Å²) in [4.78, 5) is 66.2. The molecule has 0 radical (unpaired) electrons. The summed E-state index contributed by atoms with van der Waals surface area (Å²) >= 11 is 0. The summed E-state index contributed by atoms with van der Waals surface area (Å²) in [6.45, 7) is 1.08. The van der Waals surface area contributed by atoms with Gasteiger partial charge in [-0.3, -0.25) is 14.3 Å². The summed E-state index contributed by atoms with van der Waals surface area (Å²) in [6, 6.07) is 24.4. The van der Waals surface area contributed by atoms with Crippen molar-refractivity contribution < 1.29 is 33.3 Å². The molecule has 11 nitrogen and oxygen atoms in total. The number of nitrogens with one attached hydrogen (secondary N) is 1. The van der Waals surface area contributed by atoms with E-state index in [1.807, 2.05) is 0 Å². The number of aromatic amines is 1. The topological polar surface area (TPSA) is 143 Å². The molecule has 0 bridgehead atoms. The highest BCUT2D eigenvalue weighted by atomic mass is 16.7. The molecular formula is C31H26N2O9. The second-order valence-corrected chi connectivity index (χ2v) is 9.48. The summed E-state index contributed by atoms with van der Waals surface area (Å²) in [7, 11) is 0. The van der Waals surface area contributed by atoms with E-state index in [9.17, 15) is 24.0 Å². The van der Waals surface area contributed by atoms with Gasteiger partial charge in [0.25, 0.3) is 5.56 Å². The van der Waals surface area contributed by atoms with Gasteiger partial charge >= 0.3 is 23.6 Å². The molecule has 1 saturated heterocycles. The van der Waals surface area contributed by atoms with Gasteiger partial charge in [-0.25, -0.2) is 19.2 Å². The highest BCUT2D eigenvalue weighted by Gasteiger charge is 2.51. The number of aryl methyl sites for hydroxylation is 1. The van der Waals surface area contributed by atoms with Crippen molar-refractivity contribution in [2.45, 2.75) is 31.5 Å². The fourth-order valence-electron chi connectivity index (χ4n) is 4.46. The van der Waals surface area contributed by atoms with Crippen LogP contribution in [-0.2, 0) is 18.9 Å². The summed E-state index contributed by atoms with van der Waals surface area (Å²) in [6.07, 6.45) is -3.96. The van der Waals surface area contributed by atoms with Crippen LogP contribution in [-0.4, -0.2) is 52.4 Å². The Hall–Kier alpha value is -5.29. The van der Waals surface area contributed by atoms with Crippen LogP contribution < -0.4 is 11.2 Å². The van der Waals surface area contributed by atoms with E-state index in [0.29, 0.717) is 0 Å². The molecule has 42 heavy (non-hydrogen) atoms. The number of H-pyrrole nitrogens is 1. The second-order valence-electron chi connectivity index (χ2n) is 9.48. The molecule has 0 aliphatic carbocycles. The van der Waals surface area contributed by atoms with Gasteiger partial charge in [0.05, 0.1) is 16.7 Å². The molecule has 3 aromatic carbocycles. The standard InChI is InChI=1S/C31H26N2O9/c1-19-17-33(31(38)32-26(19)34)27-25(42-30(37)22-15-9-4-10-16-22)24(41-29(36)21-13-7-3-8-14-21)23(40-27)18-39-28(35)20-11-5-2-6-12-20/h2-17,23-25,27H,18H2,1H3,(H,32,34,38)/t23-,24-,25+,27-/m1/s1. The van der Waals surface area contributed by atoms with E-state index in [-0.39, 0.29) is 22.3 Å². The van der Waals surface area contributed by atoms with Crippen molar-refractivity contribution in [1.29, 1.82) is 0 Å². The number of aromatic nitrogens is 2. The van der Waals surface area contributed by atoms with Gasteiger partial charge in [0.15, 0.2) is 18.4 Å². The molecule has 1 fully saturated rings. The zero-order chi connectivity index (χ0) is 29.6. The number of hydrogen-bond donors (Lipinski definition) is 1. The van der Waals surface area contributed by atoms with Crippen molar-refractivity contribution in [3.05, 3.63) is 140 Å². The van der Waals surface area contributed by atoms with Gasteiger partial charge in [-0.15, -0.1) is 0 Å². The largest absolute Gasteiger partial charge is 0.459 e. The van der Waals surface area contributed by atoms with E-state index in [1.165, 1.54) is 25.3 Å². The van der Waals surface area contributed by atoms with E-state index in [2.05, 4.69) is 4.98 Å². The Morgan fingerprint density at radius 3 is 1.74 bits per heavy atom. The molecule has 1 N–H and O–H groups in total. The molecule has 11 heteroatoms. The van der Waals surface area contributed by atoms with E-state index in [1.54, 1.807) is 78.9 Å². The van der Waals surface area contributed by atoms with Crippen LogP contribution in [0, 0.1) is 6.92 Å². The minimum Gasteiger partial charge on any atom is -0.459 e. The molecule has 0 saturated carbocycles. The number of rotatable bonds is 8. The molecule has 2 heterocycles. The highest BCUT2D eigenvalue weighted by Crippen LogP contribution is 2.34. The molecule has 214 valence electrons. The maximum absolute atomic E-state index is 13.2. The first-order chi connectivity index (χ1) is 20.3. The van der Waals surface area contributed by atoms with Gasteiger partial charge < -0.3 is 18.9 Å². The van der Waals surface area contributed by atoms with Crippen LogP contribution in [0.5, 0.6) is 0 Å². The third-order valence-electron chi connectivity index (χ3n) is 6.60. The molecule has 5 rings (SSSR count). The third-order valence-corrected chi connectivity index (χ3v) is 6.60. The van der Waals surface area contributed by atoms with Gasteiger partial charge in [0, 0.05) is 11.8 Å². The molecule has 4 atom stereocenters. The number of carbonyl (C=O) groups is 3. The van der Waals surface area contributed by atoms with Crippen LogP contribution in [0.2, 0.25) is 0 Å². The zero-order valence-corrected chi connectivity index (χ0v) is 22.4. The van der Waals surface area contributed by atoms with Crippen molar-refractivity contribution in [3.63, 3.8) is 0 Å². The Kier molecular flexibility index (Phi) is 8.39. The van der Waals surface area contributed by atoms with E-state index >= 15 is 0 Å². The van der Waals surface area contributed by atoms with Crippen molar-refractivity contribution in [3.8, 4) is 0 Å². The molecule has 1 aliphatic rings. The fourth-order valence-corrected chi connectivity index (χ4v) is 4.46. The number of nitrogens with zero attached hydrogens (tertiary/aromatic N) is 1. The SMILES string of the molecule is Cc1cn([C@@H]2O[C@H](COC(=O)c3ccccc3)[C@@H](OC(=O)c3ccccc3)[C@@H]2OC(=O)c2ccccc2)c(=O)[nH]c1=O. The first kappa shape index (κ1) is 28.2. The Morgan fingerprint density at radius 1 is 0.738 bits per heavy atom. The number of esters is 3. The smallest absolute Gasteiger partial charge is 0.338 e. The van der Waals surface area contributed by atoms with Crippen LogP contribution in [0.1, 0.15) is 42.9 Å². The first-order valence-electron chi connectivity index (χ1n) is 13.0. The van der Waals surface area contributed by atoms with E-state index in [4.69, 9.17) is 18.9 Å². The maximum atomic E-state index is 13.2. The quantitative estimate of drug-likeness (QED) is 0.250. The lowest BCUT2D eigenvalue weighted by atomic mass is 10.1. The Balaban J connectivity index is 1.52. The van der Waals surface area contributed by atoms with E-state index in [0.717, 1.165) is 4.57 Å². The molecule has 4 aromatic rings. The van der Waals surface area contributed by atoms with Crippen LogP contribution in [0.4, 0.5) is 0 Å².